The summed E-state index contributed by atoms with van der Waals surface area (Å²) in [5, 5.41) is 0. The number of phosphoric acid groups is 1. The topological polar surface area (TPSA) is 134 Å². The molecule has 0 aromatic heterocycles. The van der Waals surface area contributed by atoms with Gasteiger partial charge in [-0.2, -0.15) is 0 Å². The normalized spacial score (nSPS) is 13.9. The van der Waals surface area contributed by atoms with Crippen molar-refractivity contribution in [3.8, 4) is 0 Å². The van der Waals surface area contributed by atoms with Crippen molar-refractivity contribution in [3.63, 3.8) is 0 Å². The van der Waals surface area contributed by atoms with Crippen molar-refractivity contribution in [2.45, 2.75) is 232 Å². The minimum absolute atomic E-state index is 0.0430. The summed E-state index contributed by atoms with van der Waals surface area (Å²) in [5.74, 6) is -0.868. The standard InChI is InChI=1S/C60H102NO8P/c1-3-5-7-9-11-13-15-17-19-21-23-24-25-26-27-28-29-30-31-32-33-34-35-37-39-41-43-45-47-49-51-53-60(63)69-58(57-68-70(64,65)67-55-54-61)56-66-59(62)52-50-48-46-44-42-40-38-36-22-20-18-16-14-12-10-8-6-4-2/h5,7,11,13,17,19,23-24,26-27,29-30,32-33,35,37,41,43,58H,3-4,6,8-10,12,14-16,18,20-22,25,28,31,34,36,38-40,42,44-57,61H2,1-2H3,(H,64,65)/b7-5-,13-11-,19-17-,24-23-,27-26-,30-29-,33-32-,37-35-,43-41-. The van der Waals surface area contributed by atoms with E-state index in [1.165, 1.54) is 96.3 Å². The van der Waals surface area contributed by atoms with Crippen LogP contribution in [0.25, 0.3) is 0 Å². The van der Waals surface area contributed by atoms with Gasteiger partial charge in [0.15, 0.2) is 6.10 Å². The van der Waals surface area contributed by atoms with E-state index in [0.717, 1.165) is 96.3 Å². The fraction of sp³-hybridized carbons (Fsp3) is 0.667. The highest BCUT2D eigenvalue weighted by molar-refractivity contribution is 7.47. The van der Waals surface area contributed by atoms with Crippen LogP contribution in [0, 0.1) is 0 Å². The Bertz CT molecular complexity index is 1510. The van der Waals surface area contributed by atoms with Crippen LogP contribution in [0.5, 0.6) is 0 Å². The molecule has 70 heavy (non-hydrogen) atoms. The second kappa shape index (κ2) is 55.0. The minimum atomic E-state index is -4.40. The molecule has 0 aromatic carbocycles. The number of allylic oxidation sites excluding steroid dienone is 18. The zero-order chi connectivity index (χ0) is 51.0. The van der Waals surface area contributed by atoms with Crippen LogP contribution in [0.3, 0.4) is 0 Å². The lowest BCUT2D eigenvalue weighted by molar-refractivity contribution is -0.161. The predicted octanol–water partition coefficient (Wildman–Crippen LogP) is 17.5. The molecule has 0 spiro atoms. The molecule has 0 aliphatic carbocycles. The van der Waals surface area contributed by atoms with E-state index in [1.807, 2.05) is 0 Å². The fourth-order valence-corrected chi connectivity index (χ4v) is 8.10. The van der Waals surface area contributed by atoms with Crippen molar-refractivity contribution in [3.05, 3.63) is 109 Å². The Morgan fingerprint density at radius 1 is 0.443 bits per heavy atom. The Hall–Kier alpha value is -3.33. The highest BCUT2D eigenvalue weighted by Gasteiger charge is 2.26. The molecule has 0 rings (SSSR count). The Morgan fingerprint density at radius 3 is 1.17 bits per heavy atom. The van der Waals surface area contributed by atoms with Gasteiger partial charge in [-0.1, -0.05) is 239 Å². The first kappa shape index (κ1) is 66.7. The lowest BCUT2D eigenvalue weighted by Gasteiger charge is -2.19. The van der Waals surface area contributed by atoms with Crippen LogP contribution in [0.1, 0.15) is 226 Å². The van der Waals surface area contributed by atoms with E-state index in [0.29, 0.717) is 6.42 Å². The number of hydrogen-bond acceptors (Lipinski definition) is 8. The predicted molar refractivity (Wildman–Crippen MR) is 298 cm³/mol. The van der Waals surface area contributed by atoms with Crippen LogP contribution in [-0.2, 0) is 32.7 Å². The molecule has 0 saturated heterocycles. The molecule has 2 atom stereocenters. The largest absolute Gasteiger partial charge is 0.472 e. The highest BCUT2D eigenvalue weighted by Crippen LogP contribution is 2.43. The van der Waals surface area contributed by atoms with Gasteiger partial charge in [-0.25, -0.2) is 4.57 Å². The molecular weight excluding hydrogens is 894 g/mol. The monoisotopic (exact) mass is 996 g/mol. The van der Waals surface area contributed by atoms with Gasteiger partial charge < -0.3 is 20.1 Å². The van der Waals surface area contributed by atoms with Crippen LogP contribution in [0.4, 0.5) is 0 Å². The first-order chi connectivity index (χ1) is 34.3. The molecule has 0 aliphatic heterocycles. The summed E-state index contributed by atoms with van der Waals surface area (Å²) >= 11 is 0. The molecule has 0 fully saturated rings. The first-order valence-corrected chi connectivity index (χ1v) is 29.4. The molecule has 0 radical (unpaired) electrons. The van der Waals surface area contributed by atoms with Crippen LogP contribution in [0.15, 0.2) is 109 Å². The van der Waals surface area contributed by atoms with E-state index in [1.54, 1.807) is 0 Å². The summed E-state index contributed by atoms with van der Waals surface area (Å²) in [5.41, 5.74) is 5.37. The van der Waals surface area contributed by atoms with Gasteiger partial charge in [0.05, 0.1) is 13.2 Å². The van der Waals surface area contributed by atoms with Gasteiger partial charge in [0, 0.05) is 19.4 Å². The number of phosphoric ester groups is 1. The van der Waals surface area contributed by atoms with Crippen LogP contribution >= 0.6 is 7.82 Å². The lowest BCUT2D eigenvalue weighted by Crippen LogP contribution is -2.29. The summed E-state index contributed by atoms with van der Waals surface area (Å²) < 4.78 is 32.9. The molecule has 0 aliphatic rings. The first-order valence-electron chi connectivity index (χ1n) is 27.9. The fourth-order valence-electron chi connectivity index (χ4n) is 7.33. The van der Waals surface area contributed by atoms with Gasteiger partial charge in [0.1, 0.15) is 6.61 Å². The lowest BCUT2D eigenvalue weighted by atomic mass is 10.0. The molecule has 9 nitrogen and oxygen atoms in total. The number of esters is 2. The van der Waals surface area contributed by atoms with Gasteiger partial charge in [0.25, 0.3) is 0 Å². The van der Waals surface area contributed by atoms with Crippen molar-refractivity contribution in [2.75, 3.05) is 26.4 Å². The van der Waals surface area contributed by atoms with Gasteiger partial charge in [0.2, 0.25) is 0 Å². The molecule has 3 N–H and O–H groups in total. The van der Waals surface area contributed by atoms with Gasteiger partial charge >= 0.3 is 19.8 Å². The van der Waals surface area contributed by atoms with Crippen molar-refractivity contribution in [1.29, 1.82) is 0 Å². The van der Waals surface area contributed by atoms with Crippen LogP contribution < -0.4 is 5.73 Å². The van der Waals surface area contributed by atoms with Crippen molar-refractivity contribution < 1.29 is 37.6 Å². The number of unbranched alkanes of at least 4 members (excludes halogenated alkanes) is 20. The van der Waals surface area contributed by atoms with E-state index >= 15 is 0 Å². The molecule has 400 valence electrons. The van der Waals surface area contributed by atoms with Crippen LogP contribution in [0.2, 0.25) is 0 Å². The van der Waals surface area contributed by atoms with Crippen molar-refractivity contribution in [1.82, 2.24) is 0 Å². The maximum absolute atomic E-state index is 12.7. The van der Waals surface area contributed by atoms with Gasteiger partial charge in [-0.3, -0.25) is 18.6 Å². The zero-order valence-corrected chi connectivity index (χ0v) is 45.4. The molecule has 0 aromatic rings. The summed E-state index contributed by atoms with van der Waals surface area (Å²) in [6, 6.07) is 0. The Balaban J connectivity index is 4.12. The van der Waals surface area contributed by atoms with E-state index in [-0.39, 0.29) is 32.6 Å². The number of rotatable bonds is 51. The highest BCUT2D eigenvalue weighted by atomic mass is 31.2. The molecular formula is C60H102NO8P. The third-order valence-electron chi connectivity index (χ3n) is 11.4. The maximum atomic E-state index is 12.7. The summed E-state index contributed by atoms with van der Waals surface area (Å²) in [7, 11) is -4.40. The SMILES string of the molecule is CC/C=C\C/C=C\C/C=C\C/C=C\C/C=C\C/C=C\C/C=C\C/C=C\C/C=C\CCCCCC(=O)OC(COC(=O)CCCCCCCCCCCCCCCCCCCC)COP(=O)(O)OCCN. The maximum Gasteiger partial charge on any atom is 0.472 e. The van der Waals surface area contributed by atoms with E-state index in [9.17, 15) is 19.0 Å². The summed E-state index contributed by atoms with van der Waals surface area (Å²) in [6.07, 6.45) is 74.2. The molecule has 0 bridgehead atoms. The average molecular weight is 996 g/mol. The summed E-state index contributed by atoms with van der Waals surface area (Å²) in [6.45, 7) is 3.59. The van der Waals surface area contributed by atoms with E-state index in [2.05, 4.69) is 123 Å². The molecule has 0 saturated carbocycles. The van der Waals surface area contributed by atoms with E-state index in [4.69, 9.17) is 24.3 Å². The Labute approximate surface area is 429 Å². The second-order valence-electron chi connectivity index (χ2n) is 18.1. The Kier molecular flexibility index (Phi) is 52.4. The zero-order valence-electron chi connectivity index (χ0n) is 44.5. The van der Waals surface area contributed by atoms with E-state index < -0.39 is 32.5 Å². The quantitative estimate of drug-likeness (QED) is 0.0264. The van der Waals surface area contributed by atoms with Crippen molar-refractivity contribution >= 4 is 19.8 Å². The van der Waals surface area contributed by atoms with Gasteiger partial charge in [-0.15, -0.1) is 0 Å². The van der Waals surface area contributed by atoms with Crippen molar-refractivity contribution in [2.24, 2.45) is 5.73 Å². The summed E-state index contributed by atoms with van der Waals surface area (Å²) in [4.78, 5) is 35.1. The number of ether oxygens (including phenoxy) is 2. The third-order valence-corrected chi connectivity index (χ3v) is 12.4. The number of carbonyl (C=O) groups excluding carboxylic acids is 2. The van der Waals surface area contributed by atoms with Gasteiger partial charge in [-0.05, 0) is 83.5 Å². The third kappa shape index (κ3) is 54.0. The average Bonchev–Trinajstić information content (AvgIpc) is 3.35. The Morgan fingerprint density at radius 2 is 0.786 bits per heavy atom. The van der Waals surface area contributed by atoms with Crippen LogP contribution in [-0.4, -0.2) is 49.3 Å². The molecule has 0 heterocycles. The second-order valence-corrected chi connectivity index (χ2v) is 19.5. The number of hydrogen-bond donors (Lipinski definition) is 2. The number of carbonyl (C=O) groups is 2. The molecule has 10 heteroatoms. The molecule has 0 amide bonds. The number of nitrogens with two attached hydrogens (primary N) is 1. The molecule has 2 unspecified atom stereocenters. The smallest absolute Gasteiger partial charge is 0.462 e. The minimum Gasteiger partial charge on any atom is -0.462 e.